The van der Waals surface area contributed by atoms with Crippen LogP contribution in [0.3, 0.4) is 0 Å². The zero-order valence-electron chi connectivity index (χ0n) is 12.2. The van der Waals surface area contributed by atoms with Gasteiger partial charge in [0.2, 0.25) is 11.8 Å². The maximum atomic E-state index is 11.4. The van der Waals surface area contributed by atoms with E-state index in [0.29, 0.717) is 11.6 Å². The summed E-state index contributed by atoms with van der Waals surface area (Å²) in [6.45, 7) is 2.36. The molecular weight excluding hydrogens is 266 g/mol. The standard InChI is InChI=1S/C16H19N3O2/c1-3-12-5-4-6-14(9-12)21-16-8-7-13(10-18-16)19-15(20)11-17-2/h4-10,17H,3,11H2,1-2H3,(H,19,20). The van der Waals surface area contributed by atoms with Crippen molar-refractivity contribution in [2.24, 2.45) is 0 Å². The van der Waals surface area contributed by atoms with Gasteiger partial charge in [0.25, 0.3) is 0 Å². The number of nitrogens with one attached hydrogen (secondary N) is 2. The Kier molecular flexibility index (Phi) is 5.29. The second-order valence-electron chi connectivity index (χ2n) is 4.57. The largest absolute Gasteiger partial charge is 0.439 e. The average Bonchev–Trinajstić information content (AvgIpc) is 2.50. The van der Waals surface area contributed by atoms with Crippen molar-refractivity contribution in [3.63, 3.8) is 0 Å². The Morgan fingerprint density at radius 2 is 2.14 bits per heavy atom. The number of anilines is 1. The smallest absolute Gasteiger partial charge is 0.238 e. The van der Waals surface area contributed by atoms with Gasteiger partial charge in [-0.2, -0.15) is 0 Å². The molecule has 0 spiro atoms. The number of amides is 1. The van der Waals surface area contributed by atoms with Gasteiger partial charge in [-0.3, -0.25) is 4.79 Å². The van der Waals surface area contributed by atoms with E-state index in [-0.39, 0.29) is 12.5 Å². The number of aryl methyl sites for hydroxylation is 1. The van der Waals surface area contributed by atoms with Crippen molar-refractivity contribution < 1.29 is 9.53 Å². The summed E-state index contributed by atoms with van der Waals surface area (Å²) in [7, 11) is 1.72. The number of hydrogen-bond acceptors (Lipinski definition) is 4. The molecule has 5 heteroatoms. The molecule has 2 rings (SSSR count). The second kappa shape index (κ2) is 7.40. The van der Waals surface area contributed by atoms with Gasteiger partial charge in [-0.15, -0.1) is 0 Å². The lowest BCUT2D eigenvalue weighted by Gasteiger charge is -2.08. The number of likely N-dealkylation sites (N-methyl/N-ethyl adjacent to an activating group) is 1. The molecule has 0 bridgehead atoms. The third-order valence-electron chi connectivity index (χ3n) is 2.89. The molecule has 110 valence electrons. The van der Waals surface area contributed by atoms with Crippen molar-refractivity contribution in [1.29, 1.82) is 0 Å². The van der Waals surface area contributed by atoms with Crippen molar-refractivity contribution in [1.82, 2.24) is 10.3 Å². The van der Waals surface area contributed by atoms with Crippen LogP contribution in [0.15, 0.2) is 42.6 Å². The van der Waals surface area contributed by atoms with Crippen molar-refractivity contribution in [2.45, 2.75) is 13.3 Å². The van der Waals surface area contributed by atoms with Gasteiger partial charge >= 0.3 is 0 Å². The first-order valence-electron chi connectivity index (χ1n) is 6.88. The van der Waals surface area contributed by atoms with Gasteiger partial charge in [0.1, 0.15) is 5.75 Å². The Bertz CT molecular complexity index is 597. The molecule has 5 nitrogen and oxygen atoms in total. The average molecular weight is 285 g/mol. The van der Waals surface area contributed by atoms with Crippen LogP contribution in [0.2, 0.25) is 0 Å². The summed E-state index contributed by atoms with van der Waals surface area (Å²) in [6, 6.07) is 11.4. The van der Waals surface area contributed by atoms with E-state index in [1.54, 1.807) is 25.4 Å². The molecule has 0 unspecified atom stereocenters. The van der Waals surface area contributed by atoms with E-state index < -0.39 is 0 Å². The fourth-order valence-electron chi connectivity index (χ4n) is 1.83. The van der Waals surface area contributed by atoms with Crippen LogP contribution in [0.25, 0.3) is 0 Å². The van der Waals surface area contributed by atoms with Crippen LogP contribution in [-0.4, -0.2) is 24.5 Å². The van der Waals surface area contributed by atoms with Crippen LogP contribution in [0.5, 0.6) is 11.6 Å². The predicted molar refractivity (Wildman–Crippen MR) is 82.7 cm³/mol. The van der Waals surface area contributed by atoms with Crippen molar-refractivity contribution >= 4 is 11.6 Å². The topological polar surface area (TPSA) is 63.2 Å². The van der Waals surface area contributed by atoms with Gasteiger partial charge in [0, 0.05) is 6.07 Å². The summed E-state index contributed by atoms with van der Waals surface area (Å²) >= 11 is 0. The van der Waals surface area contributed by atoms with Crippen LogP contribution < -0.4 is 15.4 Å². The van der Waals surface area contributed by atoms with Gasteiger partial charge in [0.05, 0.1) is 18.4 Å². The van der Waals surface area contributed by atoms with Crippen molar-refractivity contribution in [3.8, 4) is 11.6 Å². The summed E-state index contributed by atoms with van der Waals surface area (Å²) in [4.78, 5) is 15.6. The third kappa shape index (κ3) is 4.57. The van der Waals surface area contributed by atoms with Crippen LogP contribution in [0.4, 0.5) is 5.69 Å². The van der Waals surface area contributed by atoms with E-state index in [1.165, 1.54) is 5.56 Å². The molecule has 0 atom stereocenters. The van der Waals surface area contributed by atoms with E-state index in [9.17, 15) is 4.79 Å². The molecular formula is C16H19N3O2. The van der Waals surface area contributed by atoms with E-state index in [0.717, 1.165) is 12.2 Å². The Morgan fingerprint density at radius 1 is 1.29 bits per heavy atom. The summed E-state index contributed by atoms with van der Waals surface area (Å²) in [5, 5.41) is 5.52. The van der Waals surface area contributed by atoms with Crippen LogP contribution in [0.1, 0.15) is 12.5 Å². The molecule has 0 aliphatic heterocycles. The second-order valence-corrected chi connectivity index (χ2v) is 4.57. The number of hydrogen-bond donors (Lipinski definition) is 2. The number of rotatable bonds is 6. The summed E-state index contributed by atoms with van der Waals surface area (Å²) in [6.07, 6.45) is 2.54. The maximum Gasteiger partial charge on any atom is 0.238 e. The number of carbonyl (C=O) groups is 1. The first-order chi connectivity index (χ1) is 10.2. The van der Waals surface area contributed by atoms with Crippen molar-refractivity contribution in [2.75, 3.05) is 18.9 Å². The SMILES string of the molecule is CCc1cccc(Oc2ccc(NC(=O)CNC)cn2)c1. The van der Waals surface area contributed by atoms with E-state index in [4.69, 9.17) is 4.74 Å². The minimum atomic E-state index is -0.108. The monoisotopic (exact) mass is 285 g/mol. The molecule has 0 saturated heterocycles. The molecule has 0 saturated carbocycles. The number of aromatic nitrogens is 1. The normalized spacial score (nSPS) is 10.2. The minimum Gasteiger partial charge on any atom is -0.439 e. The first-order valence-corrected chi connectivity index (χ1v) is 6.88. The lowest BCUT2D eigenvalue weighted by atomic mass is 10.2. The number of pyridine rings is 1. The number of benzene rings is 1. The first kappa shape index (κ1) is 15.0. The van der Waals surface area contributed by atoms with E-state index in [1.807, 2.05) is 18.2 Å². The highest BCUT2D eigenvalue weighted by molar-refractivity contribution is 5.92. The lowest BCUT2D eigenvalue weighted by molar-refractivity contribution is -0.115. The van der Waals surface area contributed by atoms with Gasteiger partial charge in [-0.1, -0.05) is 19.1 Å². The van der Waals surface area contributed by atoms with Gasteiger partial charge in [-0.05, 0) is 37.2 Å². The molecule has 1 aromatic heterocycles. The number of carbonyl (C=O) groups excluding carboxylic acids is 1. The Morgan fingerprint density at radius 3 is 2.81 bits per heavy atom. The molecule has 0 radical (unpaired) electrons. The fraction of sp³-hybridized carbons (Fsp3) is 0.250. The number of ether oxygens (including phenoxy) is 1. The Labute approximate surface area is 124 Å². The Hall–Kier alpha value is -2.40. The molecule has 21 heavy (non-hydrogen) atoms. The van der Waals surface area contributed by atoms with E-state index in [2.05, 4.69) is 28.6 Å². The van der Waals surface area contributed by atoms with Gasteiger partial charge in [0.15, 0.2) is 0 Å². The van der Waals surface area contributed by atoms with Crippen molar-refractivity contribution in [3.05, 3.63) is 48.2 Å². The molecule has 1 amide bonds. The van der Waals surface area contributed by atoms with E-state index >= 15 is 0 Å². The summed E-state index contributed by atoms with van der Waals surface area (Å²) < 4.78 is 5.69. The molecule has 1 heterocycles. The minimum absolute atomic E-state index is 0.108. The highest BCUT2D eigenvalue weighted by atomic mass is 16.5. The highest BCUT2D eigenvalue weighted by Gasteiger charge is 2.03. The molecule has 0 aliphatic carbocycles. The maximum absolute atomic E-state index is 11.4. The third-order valence-corrected chi connectivity index (χ3v) is 2.89. The zero-order valence-corrected chi connectivity index (χ0v) is 12.2. The van der Waals surface area contributed by atoms with Gasteiger partial charge < -0.3 is 15.4 Å². The molecule has 2 N–H and O–H groups in total. The number of nitrogens with zero attached hydrogens (tertiary/aromatic N) is 1. The Balaban J connectivity index is 2.00. The molecule has 1 aromatic carbocycles. The molecule has 0 aliphatic rings. The van der Waals surface area contributed by atoms with Gasteiger partial charge in [-0.25, -0.2) is 4.98 Å². The molecule has 2 aromatic rings. The zero-order chi connectivity index (χ0) is 15.1. The van der Waals surface area contributed by atoms with Crippen LogP contribution in [-0.2, 0) is 11.2 Å². The highest BCUT2D eigenvalue weighted by Crippen LogP contribution is 2.21. The quantitative estimate of drug-likeness (QED) is 0.856. The van der Waals surface area contributed by atoms with Crippen LogP contribution in [0, 0.1) is 0 Å². The lowest BCUT2D eigenvalue weighted by Crippen LogP contribution is -2.25. The summed E-state index contributed by atoms with van der Waals surface area (Å²) in [5.41, 5.74) is 1.85. The predicted octanol–water partition coefficient (Wildman–Crippen LogP) is 2.59. The fourth-order valence-corrected chi connectivity index (χ4v) is 1.83. The van der Waals surface area contributed by atoms with Crippen LogP contribution >= 0.6 is 0 Å². The summed E-state index contributed by atoms with van der Waals surface area (Å²) in [5.74, 6) is 1.15. The molecule has 0 fully saturated rings.